The predicted octanol–water partition coefficient (Wildman–Crippen LogP) is 4.22. The molecule has 0 aliphatic rings. The zero-order chi connectivity index (χ0) is 21.3. The molecule has 0 spiro atoms. The number of nitrogens with zero attached hydrogens (tertiary/aromatic N) is 3. The lowest BCUT2D eigenvalue weighted by Gasteiger charge is -2.13. The number of nitrogens with one attached hydrogen (secondary N) is 1. The minimum atomic E-state index is -0.333. The van der Waals surface area contributed by atoms with Gasteiger partial charge in [-0.05, 0) is 19.4 Å². The molecule has 7 nitrogen and oxygen atoms in total. The van der Waals surface area contributed by atoms with Crippen LogP contribution in [0.25, 0.3) is 11.3 Å². The van der Waals surface area contributed by atoms with Gasteiger partial charge in [0.05, 0.1) is 29.7 Å². The smallest absolute Gasteiger partial charge is 0.311 e. The Balaban J connectivity index is 1.63. The highest BCUT2D eigenvalue weighted by Gasteiger charge is 2.20. The lowest BCUT2D eigenvalue weighted by molar-refractivity contribution is -0.142. The maximum atomic E-state index is 12.7. The number of carbonyl (C=O) groups is 2. The Kier molecular flexibility index (Phi) is 7.92. The van der Waals surface area contributed by atoms with Gasteiger partial charge in [-0.25, -0.2) is 15.0 Å². The fraction of sp³-hybridized carbons (Fsp3) is 0.286. The SMILES string of the molecule is CCOC(=O)Cc1csc(NC(=O)C(CC)Sc2cc(-c3ccccc3)ncn2)n1. The summed E-state index contributed by atoms with van der Waals surface area (Å²) in [7, 11) is 0. The van der Waals surface area contributed by atoms with Gasteiger partial charge in [0, 0.05) is 10.9 Å². The van der Waals surface area contributed by atoms with E-state index in [2.05, 4.69) is 20.3 Å². The van der Waals surface area contributed by atoms with E-state index < -0.39 is 0 Å². The molecule has 1 atom stereocenters. The number of thioether (sulfide) groups is 1. The van der Waals surface area contributed by atoms with Crippen LogP contribution in [0.1, 0.15) is 26.0 Å². The molecule has 2 heterocycles. The van der Waals surface area contributed by atoms with Crippen LogP contribution >= 0.6 is 23.1 Å². The molecule has 0 aliphatic carbocycles. The van der Waals surface area contributed by atoms with Crippen molar-refractivity contribution in [1.82, 2.24) is 15.0 Å². The van der Waals surface area contributed by atoms with Crippen molar-refractivity contribution in [2.24, 2.45) is 0 Å². The Morgan fingerprint density at radius 3 is 2.73 bits per heavy atom. The van der Waals surface area contributed by atoms with Gasteiger partial charge in [-0.2, -0.15) is 0 Å². The van der Waals surface area contributed by atoms with E-state index in [-0.39, 0.29) is 23.5 Å². The van der Waals surface area contributed by atoms with Crippen LogP contribution in [0.15, 0.2) is 53.1 Å². The Hall–Kier alpha value is -2.78. The van der Waals surface area contributed by atoms with Crippen LogP contribution in [0, 0.1) is 0 Å². The summed E-state index contributed by atoms with van der Waals surface area (Å²) in [5.41, 5.74) is 2.39. The highest BCUT2D eigenvalue weighted by molar-refractivity contribution is 8.00. The number of ether oxygens (including phenoxy) is 1. The Bertz CT molecular complexity index is 995. The number of amides is 1. The van der Waals surface area contributed by atoms with Crippen LogP contribution in [0.4, 0.5) is 5.13 Å². The average Bonchev–Trinajstić information content (AvgIpc) is 3.19. The molecule has 2 aromatic heterocycles. The van der Waals surface area contributed by atoms with Crippen molar-refractivity contribution in [3.63, 3.8) is 0 Å². The molecule has 0 saturated carbocycles. The van der Waals surface area contributed by atoms with E-state index in [1.165, 1.54) is 29.4 Å². The minimum absolute atomic E-state index is 0.0926. The Morgan fingerprint density at radius 1 is 1.20 bits per heavy atom. The molecule has 156 valence electrons. The Labute approximate surface area is 183 Å². The van der Waals surface area contributed by atoms with E-state index in [0.29, 0.717) is 23.9 Å². The predicted molar refractivity (Wildman–Crippen MR) is 118 cm³/mol. The summed E-state index contributed by atoms with van der Waals surface area (Å²) in [4.78, 5) is 37.2. The highest BCUT2D eigenvalue weighted by atomic mass is 32.2. The van der Waals surface area contributed by atoms with Gasteiger partial charge in [-0.3, -0.25) is 9.59 Å². The molecular weight excluding hydrogens is 420 g/mol. The molecule has 3 rings (SSSR count). The number of hydrogen-bond donors (Lipinski definition) is 1. The fourth-order valence-electron chi connectivity index (χ4n) is 2.63. The second kappa shape index (κ2) is 10.8. The van der Waals surface area contributed by atoms with E-state index in [1.54, 1.807) is 12.3 Å². The van der Waals surface area contributed by atoms with Gasteiger partial charge in [0.15, 0.2) is 5.13 Å². The number of esters is 1. The summed E-state index contributed by atoms with van der Waals surface area (Å²) in [6, 6.07) is 11.7. The third kappa shape index (κ3) is 6.11. The highest BCUT2D eigenvalue weighted by Crippen LogP contribution is 2.28. The number of benzene rings is 1. The van der Waals surface area contributed by atoms with Gasteiger partial charge in [0.25, 0.3) is 0 Å². The van der Waals surface area contributed by atoms with Crippen molar-refractivity contribution in [3.8, 4) is 11.3 Å². The van der Waals surface area contributed by atoms with E-state index >= 15 is 0 Å². The fourth-order valence-corrected chi connectivity index (χ4v) is 4.26. The molecule has 1 unspecified atom stereocenters. The topological polar surface area (TPSA) is 94.1 Å². The summed E-state index contributed by atoms with van der Waals surface area (Å²) < 4.78 is 4.92. The molecule has 1 aromatic carbocycles. The average molecular weight is 443 g/mol. The quantitative estimate of drug-likeness (QED) is 0.301. The summed E-state index contributed by atoms with van der Waals surface area (Å²) >= 11 is 2.67. The van der Waals surface area contributed by atoms with Crippen LogP contribution < -0.4 is 5.32 Å². The molecular formula is C21H22N4O3S2. The summed E-state index contributed by atoms with van der Waals surface area (Å²) in [6.45, 7) is 4.04. The number of carbonyl (C=O) groups excluding carboxylic acids is 2. The standard InChI is InChI=1S/C21H22N4O3S2/c1-3-17(20(27)25-21-24-15(12-29-21)10-19(26)28-4-2)30-18-11-16(22-13-23-18)14-8-6-5-7-9-14/h5-9,11-13,17H,3-4,10H2,1-2H3,(H,24,25,27). The zero-order valence-corrected chi connectivity index (χ0v) is 18.3. The first-order chi connectivity index (χ1) is 14.6. The van der Waals surface area contributed by atoms with Crippen LogP contribution in [0.3, 0.4) is 0 Å². The molecule has 1 amide bonds. The maximum absolute atomic E-state index is 12.7. The molecule has 9 heteroatoms. The molecule has 1 N–H and O–H groups in total. The molecule has 0 saturated heterocycles. The number of anilines is 1. The minimum Gasteiger partial charge on any atom is -0.466 e. The molecule has 0 radical (unpaired) electrons. The van der Waals surface area contributed by atoms with Crippen molar-refractivity contribution >= 4 is 40.1 Å². The third-order valence-corrected chi connectivity index (χ3v) is 6.15. The first kappa shape index (κ1) is 21.9. The maximum Gasteiger partial charge on any atom is 0.311 e. The molecule has 0 bridgehead atoms. The van der Waals surface area contributed by atoms with Gasteiger partial charge < -0.3 is 10.1 Å². The van der Waals surface area contributed by atoms with E-state index in [9.17, 15) is 9.59 Å². The first-order valence-corrected chi connectivity index (χ1v) is 11.3. The zero-order valence-electron chi connectivity index (χ0n) is 16.7. The van der Waals surface area contributed by atoms with Gasteiger partial charge in [-0.15, -0.1) is 11.3 Å². The van der Waals surface area contributed by atoms with Crippen molar-refractivity contribution in [3.05, 3.63) is 53.8 Å². The molecule has 30 heavy (non-hydrogen) atoms. The monoisotopic (exact) mass is 442 g/mol. The van der Waals surface area contributed by atoms with Crippen molar-refractivity contribution < 1.29 is 14.3 Å². The second-order valence-corrected chi connectivity index (χ2v) is 8.32. The largest absolute Gasteiger partial charge is 0.466 e. The van der Waals surface area contributed by atoms with E-state index in [4.69, 9.17) is 4.74 Å². The van der Waals surface area contributed by atoms with E-state index in [0.717, 1.165) is 16.3 Å². The Morgan fingerprint density at radius 2 is 2.00 bits per heavy atom. The summed E-state index contributed by atoms with van der Waals surface area (Å²) in [5.74, 6) is -0.486. The molecule has 0 fully saturated rings. The third-order valence-electron chi connectivity index (χ3n) is 4.05. The van der Waals surface area contributed by atoms with Crippen molar-refractivity contribution in [2.45, 2.75) is 37.0 Å². The van der Waals surface area contributed by atoms with Gasteiger partial charge in [0.1, 0.15) is 11.4 Å². The van der Waals surface area contributed by atoms with Gasteiger partial charge in [0.2, 0.25) is 5.91 Å². The number of rotatable bonds is 9. The van der Waals surface area contributed by atoms with Crippen LogP contribution in [-0.4, -0.2) is 38.7 Å². The number of hydrogen-bond acceptors (Lipinski definition) is 8. The normalized spacial score (nSPS) is 11.7. The summed E-state index contributed by atoms with van der Waals surface area (Å²) in [6.07, 6.45) is 2.23. The second-order valence-electron chi connectivity index (χ2n) is 6.24. The van der Waals surface area contributed by atoms with Crippen LogP contribution in [-0.2, 0) is 20.7 Å². The van der Waals surface area contributed by atoms with Crippen molar-refractivity contribution in [2.75, 3.05) is 11.9 Å². The van der Waals surface area contributed by atoms with Gasteiger partial charge in [-0.1, -0.05) is 49.0 Å². The summed E-state index contributed by atoms with van der Waals surface area (Å²) in [5, 5.41) is 5.45. The van der Waals surface area contributed by atoms with Gasteiger partial charge >= 0.3 is 5.97 Å². The van der Waals surface area contributed by atoms with Crippen LogP contribution in [0.5, 0.6) is 0 Å². The molecule has 3 aromatic rings. The first-order valence-electron chi connectivity index (χ1n) is 9.54. The molecule has 0 aliphatic heterocycles. The lowest BCUT2D eigenvalue weighted by Crippen LogP contribution is -2.24. The number of thiazole rings is 1. The van der Waals surface area contributed by atoms with Crippen molar-refractivity contribution in [1.29, 1.82) is 0 Å². The van der Waals surface area contributed by atoms with E-state index in [1.807, 2.05) is 43.3 Å². The number of aromatic nitrogens is 3. The lowest BCUT2D eigenvalue weighted by atomic mass is 10.1. The van der Waals surface area contributed by atoms with Crippen LogP contribution in [0.2, 0.25) is 0 Å².